The van der Waals surface area contributed by atoms with Crippen LogP contribution in [0, 0.1) is 13.8 Å². The predicted octanol–water partition coefficient (Wildman–Crippen LogP) is 2.69. The highest BCUT2D eigenvalue weighted by molar-refractivity contribution is 6.30. The molecule has 6 nitrogen and oxygen atoms in total. The fourth-order valence-corrected chi connectivity index (χ4v) is 4.16. The van der Waals surface area contributed by atoms with Crippen LogP contribution in [-0.2, 0) is 4.74 Å². The molecule has 0 radical (unpaired) electrons. The van der Waals surface area contributed by atoms with Crippen LogP contribution in [0.3, 0.4) is 0 Å². The second-order valence-corrected chi connectivity index (χ2v) is 7.74. The number of carbonyl (C=O) groups is 1. The summed E-state index contributed by atoms with van der Waals surface area (Å²) in [5.74, 6) is -0.0920. The topological polar surface area (TPSA) is 67.3 Å². The number of benzene rings is 1. The molecule has 7 heteroatoms. The van der Waals surface area contributed by atoms with E-state index in [1.54, 1.807) is 0 Å². The zero-order valence-electron chi connectivity index (χ0n) is 15.5. The summed E-state index contributed by atoms with van der Waals surface area (Å²) in [6, 6.07) is 8.27. The first-order chi connectivity index (χ1) is 13.0. The number of fused-ring (bicyclic) bond motifs is 1. The van der Waals surface area contributed by atoms with Gasteiger partial charge in [-0.15, -0.1) is 0 Å². The number of rotatable bonds is 3. The molecule has 3 atom stereocenters. The van der Waals surface area contributed by atoms with Crippen molar-refractivity contribution >= 4 is 17.5 Å². The van der Waals surface area contributed by atoms with Crippen molar-refractivity contribution in [2.24, 2.45) is 0 Å². The van der Waals surface area contributed by atoms with Crippen molar-refractivity contribution in [1.82, 2.24) is 20.2 Å². The Labute approximate surface area is 163 Å². The van der Waals surface area contributed by atoms with E-state index in [0.29, 0.717) is 29.6 Å². The molecule has 0 saturated carbocycles. The number of aromatic nitrogens is 2. The third-order valence-corrected chi connectivity index (χ3v) is 5.70. The first-order valence-electron chi connectivity index (χ1n) is 9.21. The Balaban J connectivity index is 1.40. The Morgan fingerprint density at radius 2 is 1.89 bits per heavy atom. The van der Waals surface area contributed by atoms with Gasteiger partial charge in [0.2, 0.25) is 0 Å². The van der Waals surface area contributed by atoms with Gasteiger partial charge < -0.3 is 10.1 Å². The number of nitrogens with zero attached hydrogens (tertiary/aromatic N) is 3. The van der Waals surface area contributed by atoms with Crippen LogP contribution in [0.1, 0.15) is 39.8 Å². The Morgan fingerprint density at radius 1 is 1.19 bits per heavy atom. The smallest absolute Gasteiger partial charge is 0.255 e. The highest BCUT2D eigenvalue weighted by Gasteiger charge is 2.38. The van der Waals surface area contributed by atoms with Crippen LogP contribution < -0.4 is 5.32 Å². The first-order valence-corrected chi connectivity index (χ1v) is 9.59. The predicted molar refractivity (Wildman–Crippen MR) is 103 cm³/mol. The highest BCUT2D eigenvalue weighted by atomic mass is 35.5. The van der Waals surface area contributed by atoms with Crippen molar-refractivity contribution < 1.29 is 9.53 Å². The minimum Gasteiger partial charge on any atom is -0.371 e. The van der Waals surface area contributed by atoms with Crippen molar-refractivity contribution in [3.05, 3.63) is 58.1 Å². The van der Waals surface area contributed by atoms with Gasteiger partial charge in [-0.1, -0.05) is 23.7 Å². The Hall–Kier alpha value is -2.02. The minimum absolute atomic E-state index is 0.0416. The molecule has 1 N–H and O–H groups in total. The maximum absolute atomic E-state index is 12.7. The van der Waals surface area contributed by atoms with Crippen LogP contribution in [0.15, 0.2) is 30.6 Å². The monoisotopic (exact) mass is 386 g/mol. The maximum Gasteiger partial charge on any atom is 0.255 e. The number of hydrogen-bond donors (Lipinski definition) is 1. The molecule has 4 rings (SSSR count). The number of morpholine rings is 1. The quantitative estimate of drug-likeness (QED) is 0.878. The summed E-state index contributed by atoms with van der Waals surface area (Å²) in [5, 5.41) is 3.89. The Bertz CT molecular complexity index is 822. The van der Waals surface area contributed by atoms with Crippen molar-refractivity contribution in [1.29, 1.82) is 0 Å². The van der Waals surface area contributed by atoms with Crippen LogP contribution >= 0.6 is 11.6 Å². The molecular formula is C20H23ClN4O2. The normalized spacial score (nSPS) is 25.2. The number of ether oxygens (including phenoxy) is 1. The highest BCUT2D eigenvalue weighted by Crippen LogP contribution is 2.31. The summed E-state index contributed by atoms with van der Waals surface area (Å²) >= 11 is 5.98. The van der Waals surface area contributed by atoms with Crippen molar-refractivity contribution in [3.63, 3.8) is 0 Å². The lowest BCUT2D eigenvalue weighted by atomic mass is 10.1. The molecule has 2 aliphatic heterocycles. The number of halogens is 1. The van der Waals surface area contributed by atoms with E-state index in [0.717, 1.165) is 30.1 Å². The summed E-state index contributed by atoms with van der Waals surface area (Å²) in [4.78, 5) is 23.4. The molecule has 2 aliphatic rings. The second-order valence-electron chi connectivity index (χ2n) is 7.31. The lowest BCUT2D eigenvalue weighted by Gasteiger charge is -2.35. The molecule has 142 valence electrons. The third kappa shape index (κ3) is 3.83. The maximum atomic E-state index is 12.7. The van der Waals surface area contributed by atoms with Crippen LogP contribution in [0.4, 0.5) is 0 Å². The summed E-state index contributed by atoms with van der Waals surface area (Å²) < 4.78 is 6.08. The molecule has 1 amide bonds. The van der Waals surface area contributed by atoms with E-state index in [1.807, 2.05) is 38.1 Å². The Kier molecular flexibility index (Phi) is 5.12. The van der Waals surface area contributed by atoms with Gasteiger partial charge in [0.25, 0.3) is 5.91 Å². The molecule has 2 aromatic rings. The number of aryl methyl sites for hydroxylation is 2. The fraction of sp³-hybridized carbons (Fsp3) is 0.450. The zero-order valence-corrected chi connectivity index (χ0v) is 16.2. The van der Waals surface area contributed by atoms with E-state index >= 15 is 0 Å². The molecule has 1 aromatic heterocycles. The van der Waals surface area contributed by atoms with Gasteiger partial charge in [-0.2, -0.15) is 0 Å². The second kappa shape index (κ2) is 7.54. The van der Waals surface area contributed by atoms with Crippen molar-refractivity contribution in [2.75, 3.05) is 19.7 Å². The van der Waals surface area contributed by atoms with E-state index in [1.165, 1.54) is 6.33 Å². The van der Waals surface area contributed by atoms with E-state index in [9.17, 15) is 4.79 Å². The molecule has 0 aliphatic carbocycles. The molecule has 0 unspecified atom stereocenters. The van der Waals surface area contributed by atoms with Gasteiger partial charge in [-0.25, -0.2) is 9.97 Å². The number of carbonyl (C=O) groups excluding carboxylic acids is 1. The minimum atomic E-state index is -0.0920. The van der Waals surface area contributed by atoms with E-state index in [2.05, 4.69) is 20.2 Å². The average molecular weight is 387 g/mol. The molecular weight excluding hydrogens is 364 g/mol. The lowest BCUT2D eigenvalue weighted by Crippen LogP contribution is -2.43. The fourth-order valence-electron chi connectivity index (χ4n) is 4.04. The molecule has 2 saturated heterocycles. The molecule has 3 heterocycles. The molecule has 27 heavy (non-hydrogen) atoms. The van der Waals surface area contributed by atoms with Gasteiger partial charge >= 0.3 is 0 Å². The van der Waals surface area contributed by atoms with E-state index in [4.69, 9.17) is 16.3 Å². The van der Waals surface area contributed by atoms with Gasteiger partial charge in [0.15, 0.2) is 0 Å². The molecule has 2 fully saturated rings. The summed E-state index contributed by atoms with van der Waals surface area (Å²) in [6.07, 6.45) is 2.43. The van der Waals surface area contributed by atoms with Crippen LogP contribution in [0.2, 0.25) is 5.02 Å². The summed E-state index contributed by atoms with van der Waals surface area (Å²) in [6.45, 7) is 6.01. The van der Waals surface area contributed by atoms with E-state index < -0.39 is 0 Å². The van der Waals surface area contributed by atoms with Gasteiger partial charge in [0, 0.05) is 30.2 Å². The van der Waals surface area contributed by atoms with Crippen molar-refractivity contribution in [2.45, 2.75) is 38.5 Å². The number of amides is 1. The molecule has 1 aromatic carbocycles. The van der Waals surface area contributed by atoms with E-state index in [-0.39, 0.29) is 18.1 Å². The summed E-state index contributed by atoms with van der Waals surface area (Å²) in [5.41, 5.74) is 3.14. The van der Waals surface area contributed by atoms with Gasteiger partial charge in [0.1, 0.15) is 6.33 Å². The lowest BCUT2D eigenvalue weighted by molar-refractivity contribution is -0.0502. The SMILES string of the molecule is Cc1ncnc(C)c1C(=O)N[C@H]1C[C@H]2CO[C@@H](c3ccc(Cl)cc3)CN2C1. The zero-order chi connectivity index (χ0) is 19.0. The first kappa shape index (κ1) is 18.3. The average Bonchev–Trinajstić information content (AvgIpc) is 3.03. The third-order valence-electron chi connectivity index (χ3n) is 5.45. The molecule has 0 spiro atoms. The number of nitrogens with one attached hydrogen (secondary N) is 1. The largest absolute Gasteiger partial charge is 0.371 e. The Morgan fingerprint density at radius 3 is 2.59 bits per heavy atom. The van der Waals surface area contributed by atoms with Gasteiger partial charge in [-0.3, -0.25) is 9.69 Å². The summed E-state index contributed by atoms with van der Waals surface area (Å²) in [7, 11) is 0. The van der Waals surface area contributed by atoms with Crippen LogP contribution in [0.25, 0.3) is 0 Å². The van der Waals surface area contributed by atoms with Crippen LogP contribution in [-0.4, -0.2) is 52.6 Å². The number of hydrogen-bond acceptors (Lipinski definition) is 5. The standard InChI is InChI=1S/C20H23ClN4O2/c1-12-19(13(2)23-11-22-12)20(26)24-16-7-17-10-27-18(9-25(17)8-16)14-3-5-15(21)6-4-14/h3-6,11,16-18H,7-10H2,1-2H3,(H,24,26)/t16-,17-,18+/m0/s1. The van der Waals surface area contributed by atoms with Crippen molar-refractivity contribution in [3.8, 4) is 0 Å². The van der Waals surface area contributed by atoms with Crippen LogP contribution in [0.5, 0.6) is 0 Å². The molecule has 0 bridgehead atoms. The van der Waals surface area contributed by atoms with Gasteiger partial charge in [-0.05, 0) is 38.0 Å². The van der Waals surface area contributed by atoms with Gasteiger partial charge in [0.05, 0.1) is 29.7 Å².